The van der Waals surface area contributed by atoms with Crippen LogP contribution in [0.3, 0.4) is 0 Å². The summed E-state index contributed by atoms with van der Waals surface area (Å²) in [6.07, 6.45) is 3.02. The first-order chi connectivity index (χ1) is 19.2. The van der Waals surface area contributed by atoms with Crippen LogP contribution in [0.15, 0.2) is 66.9 Å². The average Bonchev–Trinajstić information content (AvgIpc) is 3.60. The number of hydrogen-bond acceptors (Lipinski definition) is 6. The predicted octanol–water partition coefficient (Wildman–Crippen LogP) is 4.11. The summed E-state index contributed by atoms with van der Waals surface area (Å²) in [4.78, 5) is 47.4. The summed E-state index contributed by atoms with van der Waals surface area (Å²) in [5.74, 6) is -1.19. The highest BCUT2D eigenvalue weighted by molar-refractivity contribution is 6.16. The number of benzene rings is 2. The summed E-state index contributed by atoms with van der Waals surface area (Å²) in [6, 6.07) is 15.8. The lowest BCUT2D eigenvalue weighted by Gasteiger charge is -2.27. The van der Waals surface area contributed by atoms with Crippen molar-refractivity contribution in [3.8, 4) is 11.5 Å². The van der Waals surface area contributed by atoms with Crippen LogP contribution in [0.25, 0.3) is 0 Å². The molecule has 0 radical (unpaired) electrons. The zero-order valence-corrected chi connectivity index (χ0v) is 22.3. The number of nitrogens with zero attached hydrogens (tertiary/aromatic N) is 4. The predicted molar refractivity (Wildman–Crippen MR) is 148 cm³/mol. The molecule has 2 aliphatic rings. The molecule has 40 heavy (non-hydrogen) atoms. The molecule has 2 fully saturated rings. The van der Waals surface area contributed by atoms with Gasteiger partial charge in [-0.2, -0.15) is 0 Å². The van der Waals surface area contributed by atoms with E-state index in [1.54, 1.807) is 47.4 Å². The van der Waals surface area contributed by atoms with E-state index in [1.165, 1.54) is 23.2 Å². The highest BCUT2D eigenvalue weighted by atomic mass is 19.1. The molecule has 3 aromatic rings. The molecule has 0 unspecified atom stereocenters. The molecule has 1 aliphatic carbocycles. The van der Waals surface area contributed by atoms with E-state index in [0.717, 1.165) is 12.5 Å². The van der Waals surface area contributed by atoms with Gasteiger partial charge in [0.15, 0.2) is 5.82 Å². The van der Waals surface area contributed by atoms with Crippen LogP contribution < -0.4 is 20.7 Å². The maximum atomic E-state index is 15.5. The number of aromatic nitrogens is 1. The van der Waals surface area contributed by atoms with Crippen molar-refractivity contribution in [2.45, 2.75) is 25.3 Å². The number of pyridine rings is 1. The fourth-order valence-corrected chi connectivity index (χ4v) is 4.80. The molecule has 0 spiro atoms. The number of primary amides is 1. The van der Waals surface area contributed by atoms with Gasteiger partial charge < -0.3 is 20.3 Å². The molecule has 0 bridgehead atoms. The number of nitrogens with two attached hydrogens (primary N) is 1. The van der Waals surface area contributed by atoms with Gasteiger partial charge in [0, 0.05) is 43.1 Å². The highest BCUT2D eigenvalue weighted by Gasteiger charge is 2.57. The van der Waals surface area contributed by atoms with Gasteiger partial charge in [-0.25, -0.2) is 14.2 Å². The van der Waals surface area contributed by atoms with Crippen LogP contribution in [-0.2, 0) is 9.59 Å². The first-order valence-corrected chi connectivity index (χ1v) is 13.0. The first kappa shape index (κ1) is 27.1. The number of halogens is 1. The van der Waals surface area contributed by atoms with Crippen LogP contribution in [0, 0.1) is 11.2 Å². The summed E-state index contributed by atoms with van der Waals surface area (Å²) in [7, 11) is 3.98. The number of likely N-dealkylation sites (N-methyl/N-ethyl adjacent to an activating group) is 1. The fraction of sp³-hybridized carbons (Fsp3) is 0.310. The van der Waals surface area contributed by atoms with Crippen LogP contribution in [0.4, 0.5) is 26.4 Å². The second-order valence-corrected chi connectivity index (χ2v) is 10.3. The Hall–Kier alpha value is -4.51. The minimum Gasteiger partial charge on any atom is -0.457 e. The number of likely N-dealkylation sites (tertiary alicyclic amines) is 1. The van der Waals surface area contributed by atoms with Crippen molar-refractivity contribution in [3.05, 3.63) is 72.7 Å². The third kappa shape index (κ3) is 5.46. The lowest BCUT2D eigenvalue weighted by Crippen LogP contribution is -2.41. The molecule has 3 N–H and O–H groups in total. The lowest BCUT2D eigenvalue weighted by molar-refractivity contribution is -0.133. The molecule has 2 heterocycles. The minimum atomic E-state index is -1.34. The van der Waals surface area contributed by atoms with E-state index in [4.69, 9.17) is 10.5 Å². The van der Waals surface area contributed by atoms with Crippen molar-refractivity contribution in [1.82, 2.24) is 14.8 Å². The molecule has 2 aromatic carbocycles. The second kappa shape index (κ2) is 10.9. The third-order valence-corrected chi connectivity index (χ3v) is 7.39. The summed E-state index contributed by atoms with van der Waals surface area (Å²) >= 11 is 0. The molecule has 1 aliphatic heterocycles. The van der Waals surface area contributed by atoms with Crippen molar-refractivity contribution in [1.29, 1.82) is 0 Å². The topological polar surface area (TPSA) is 121 Å². The number of hydrogen-bond donors (Lipinski definition) is 2. The van der Waals surface area contributed by atoms with E-state index in [0.29, 0.717) is 49.2 Å². The molecule has 11 heteroatoms. The van der Waals surface area contributed by atoms with Crippen LogP contribution in [0.2, 0.25) is 0 Å². The van der Waals surface area contributed by atoms with Gasteiger partial charge in [-0.15, -0.1) is 0 Å². The van der Waals surface area contributed by atoms with E-state index < -0.39 is 23.0 Å². The molecule has 1 saturated carbocycles. The van der Waals surface area contributed by atoms with Crippen molar-refractivity contribution < 1.29 is 23.5 Å². The molecule has 10 nitrogen and oxygen atoms in total. The summed E-state index contributed by atoms with van der Waals surface area (Å²) < 4.78 is 21.3. The van der Waals surface area contributed by atoms with E-state index in [1.807, 2.05) is 14.1 Å². The molecule has 1 atom stereocenters. The number of ether oxygens (including phenoxy) is 1. The monoisotopic (exact) mass is 546 g/mol. The maximum Gasteiger partial charge on any atom is 0.323 e. The van der Waals surface area contributed by atoms with Crippen LogP contribution in [0.5, 0.6) is 11.5 Å². The first-order valence-electron chi connectivity index (χ1n) is 13.0. The zero-order valence-electron chi connectivity index (χ0n) is 22.3. The number of nitrogens with one attached hydrogen (secondary N) is 1. The van der Waals surface area contributed by atoms with Gasteiger partial charge in [0.25, 0.3) is 0 Å². The van der Waals surface area contributed by atoms with Crippen LogP contribution in [0.1, 0.15) is 19.3 Å². The van der Waals surface area contributed by atoms with Crippen molar-refractivity contribution in [3.63, 3.8) is 0 Å². The van der Waals surface area contributed by atoms with E-state index in [9.17, 15) is 14.4 Å². The average molecular weight is 547 g/mol. The summed E-state index contributed by atoms with van der Waals surface area (Å²) in [5.41, 5.74) is 4.59. The van der Waals surface area contributed by atoms with Gasteiger partial charge in [0.05, 0.1) is 5.69 Å². The van der Waals surface area contributed by atoms with Gasteiger partial charge in [0.1, 0.15) is 22.7 Å². The van der Waals surface area contributed by atoms with Gasteiger partial charge in [-0.05, 0) is 63.7 Å². The third-order valence-electron chi connectivity index (χ3n) is 7.39. The Bertz CT molecular complexity index is 1430. The maximum absolute atomic E-state index is 15.5. The highest BCUT2D eigenvalue weighted by Crippen LogP contribution is 2.49. The number of carbonyl (C=O) groups is 3. The Kier molecular flexibility index (Phi) is 7.40. The largest absolute Gasteiger partial charge is 0.457 e. The standard InChI is InChI=1S/C29H31FN6O4/c1-34(2)20-11-15-35(18-20)28(39)33-25-17-22(10-14-32-25)40-21-8-9-24(23(30)16-21)36(19-6-4-3-5-7-19)27(38)29(12-13-29)26(31)37/h3-10,14,16-17,20H,11-13,15,18H2,1-2H3,(H2,31,37)(H,32,33,39)/t20-/m1/s1. The fourth-order valence-electron chi connectivity index (χ4n) is 4.80. The van der Waals surface area contributed by atoms with Crippen molar-refractivity contribution in [2.75, 3.05) is 37.4 Å². The molecule has 208 valence electrons. The molecular weight excluding hydrogens is 515 g/mol. The number of amides is 4. The van der Waals surface area contributed by atoms with Crippen molar-refractivity contribution in [2.24, 2.45) is 11.1 Å². The Morgan fingerprint density at radius 1 is 1.07 bits per heavy atom. The molecule has 4 amide bonds. The number of urea groups is 1. The van der Waals surface area contributed by atoms with Gasteiger partial charge in [-0.1, -0.05) is 18.2 Å². The molecule has 1 aromatic heterocycles. The van der Waals surface area contributed by atoms with E-state index >= 15 is 4.39 Å². The van der Waals surface area contributed by atoms with Gasteiger partial charge >= 0.3 is 6.03 Å². The SMILES string of the molecule is CN(C)[C@@H]1CCN(C(=O)Nc2cc(Oc3ccc(N(C(=O)C4(C(N)=O)CC4)c4ccccc4)c(F)c3)ccn2)C1. The lowest BCUT2D eigenvalue weighted by atomic mass is 10.0. The summed E-state index contributed by atoms with van der Waals surface area (Å²) in [6.45, 7) is 1.28. The number of anilines is 3. The zero-order chi connectivity index (χ0) is 28.4. The minimum absolute atomic E-state index is 0.0274. The molecule has 5 rings (SSSR count). The summed E-state index contributed by atoms with van der Waals surface area (Å²) in [5, 5.41) is 2.79. The second-order valence-electron chi connectivity index (χ2n) is 10.3. The van der Waals surface area contributed by atoms with Gasteiger partial charge in [-0.3, -0.25) is 19.8 Å². The van der Waals surface area contributed by atoms with Crippen LogP contribution in [-0.4, -0.2) is 65.9 Å². The Labute approximate surface area is 231 Å². The van der Waals surface area contributed by atoms with E-state index in [2.05, 4.69) is 15.2 Å². The number of para-hydroxylation sites is 1. The number of rotatable bonds is 8. The molecular formula is C29H31FN6O4. The smallest absolute Gasteiger partial charge is 0.323 e. The van der Waals surface area contributed by atoms with Crippen LogP contribution >= 0.6 is 0 Å². The molecule has 1 saturated heterocycles. The number of carbonyl (C=O) groups excluding carboxylic acids is 3. The van der Waals surface area contributed by atoms with E-state index in [-0.39, 0.29) is 17.5 Å². The quantitative estimate of drug-likeness (QED) is 0.410. The Morgan fingerprint density at radius 3 is 2.42 bits per heavy atom. The normalized spacial score (nSPS) is 17.4. The van der Waals surface area contributed by atoms with Crippen molar-refractivity contribution >= 4 is 35.0 Å². The van der Waals surface area contributed by atoms with Gasteiger partial charge in [0.2, 0.25) is 11.8 Å². The Morgan fingerprint density at radius 2 is 1.80 bits per heavy atom. The Balaban J connectivity index is 1.33.